The van der Waals surface area contributed by atoms with Crippen LogP contribution in [-0.2, 0) is 12.5 Å². The van der Waals surface area contributed by atoms with Crippen molar-refractivity contribution in [2.75, 3.05) is 23.8 Å². The number of nitrogens with zero attached hydrogens (tertiary/aromatic N) is 3. The van der Waals surface area contributed by atoms with Gasteiger partial charge in [0.2, 0.25) is 0 Å². The maximum atomic E-state index is 14.7. The SMILES string of the molecule is CNc1cnn2c1C(=O)N(c1ccc(C(F)(F)c3ccccc3)cc1)CC2. The number of aromatic nitrogens is 2. The van der Waals surface area contributed by atoms with Crippen LogP contribution in [0.3, 0.4) is 0 Å². The van der Waals surface area contributed by atoms with E-state index in [4.69, 9.17) is 0 Å². The molecule has 1 aliphatic rings. The summed E-state index contributed by atoms with van der Waals surface area (Å²) < 4.78 is 31.0. The van der Waals surface area contributed by atoms with Gasteiger partial charge in [0, 0.05) is 30.4 Å². The van der Waals surface area contributed by atoms with Gasteiger partial charge >= 0.3 is 0 Å². The van der Waals surface area contributed by atoms with Crippen LogP contribution in [0.15, 0.2) is 60.8 Å². The minimum Gasteiger partial charge on any atom is -0.385 e. The molecule has 0 saturated heterocycles. The van der Waals surface area contributed by atoms with Gasteiger partial charge in [-0.1, -0.05) is 42.5 Å². The third kappa shape index (κ3) is 2.85. The topological polar surface area (TPSA) is 50.2 Å². The van der Waals surface area contributed by atoms with Crippen LogP contribution in [0.25, 0.3) is 0 Å². The lowest BCUT2D eigenvalue weighted by Crippen LogP contribution is -2.40. The molecule has 0 atom stereocenters. The molecule has 1 aromatic heterocycles. The fraction of sp³-hybridized carbons (Fsp3) is 0.200. The molecule has 7 heteroatoms. The highest BCUT2D eigenvalue weighted by Gasteiger charge is 2.34. The summed E-state index contributed by atoms with van der Waals surface area (Å²) in [5.74, 6) is -3.30. The zero-order chi connectivity index (χ0) is 19.0. The van der Waals surface area contributed by atoms with E-state index < -0.39 is 5.92 Å². The van der Waals surface area contributed by atoms with Crippen molar-refractivity contribution in [3.05, 3.63) is 77.6 Å². The number of fused-ring (bicyclic) bond motifs is 1. The van der Waals surface area contributed by atoms with Gasteiger partial charge in [-0.25, -0.2) is 0 Å². The van der Waals surface area contributed by atoms with Crippen molar-refractivity contribution < 1.29 is 13.6 Å². The summed E-state index contributed by atoms with van der Waals surface area (Å²) in [7, 11) is 1.73. The Morgan fingerprint density at radius 2 is 1.67 bits per heavy atom. The number of halogens is 2. The van der Waals surface area contributed by atoms with Crippen LogP contribution in [0.1, 0.15) is 21.6 Å². The Morgan fingerprint density at radius 3 is 2.33 bits per heavy atom. The number of hydrogen-bond donors (Lipinski definition) is 1. The van der Waals surface area contributed by atoms with Gasteiger partial charge in [-0.05, 0) is 12.1 Å². The van der Waals surface area contributed by atoms with Gasteiger partial charge in [0.25, 0.3) is 11.8 Å². The molecule has 138 valence electrons. The Bertz CT molecular complexity index is 954. The second kappa shape index (κ2) is 6.50. The van der Waals surface area contributed by atoms with Gasteiger partial charge in [0.15, 0.2) is 0 Å². The molecule has 0 aliphatic carbocycles. The second-order valence-corrected chi connectivity index (χ2v) is 6.32. The zero-order valence-electron chi connectivity index (χ0n) is 14.7. The highest BCUT2D eigenvalue weighted by molar-refractivity contribution is 6.09. The van der Waals surface area contributed by atoms with Gasteiger partial charge in [-0.2, -0.15) is 13.9 Å². The highest BCUT2D eigenvalue weighted by atomic mass is 19.3. The number of nitrogens with one attached hydrogen (secondary N) is 1. The lowest BCUT2D eigenvalue weighted by Gasteiger charge is -2.28. The van der Waals surface area contributed by atoms with Crippen molar-refractivity contribution in [2.24, 2.45) is 0 Å². The minimum absolute atomic E-state index is 0.0608. The second-order valence-electron chi connectivity index (χ2n) is 6.32. The average Bonchev–Trinajstić information content (AvgIpc) is 3.13. The van der Waals surface area contributed by atoms with E-state index in [0.717, 1.165) is 0 Å². The maximum Gasteiger partial charge on any atom is 0.298 e. The zero-order valence-corrected chi connectivity index (χ0v) is 14.7. The van der Waals surface area contributed by atoms with Gasteiger partial charge in [-0.15, -0.1) is 0 Å². The van der Waals surface area contributed by atoms with Gasteiger partial charge in [0.05, 0.1) is 18.4 Å². The Kier molecular flexibility index (Phi) is 4.14. The summed E-state index contributed by atoms with van der Waals surface area (Å²) in [6.45, 7) is 0.982. The summed E-state index contributed by atoms with van der Waals surface area (Å²) in [6, 6.07) is 13.6. The summed E-state index contributed by atoms with van der Waals surface area (Å²) in [6.07, 6.45) is 1.61. The normalized spacial score (nSPS) is 14.2. The van der Waals surface area contributed by atoms with Crippen LogP contribution < -0.4 is 10.2 Å². The quantitative estimate of drug-likeness (QED) is 0.764. The first kappa shape index (κ1) is 17.2. The molecule has 27 heavy (non-hydrogen) atoms. The average molecular weight is 368 g/mol. The molecule has 0 radical (unpaired) electrons. The molecule has 2 aromatic carbocycles. The predicted octanol–water partition coefficient (Wildman–Crippen LogP) is 3.73. The third-order valence-corrected chi connectivity index (χ3v) is 4.77. The van der Waals surface area contributed by atoms with Crippen molar-refractivity contribution in [3.63, 3.8) is 0 Å². The molecule has 0 unspecified atom stereocenters. The van der Waals surface area contributed by atoms with E-state index in [1.165, 1.54) is 24.3 Å². The third-order valence-electron chi connectivity index (χ3n) is 4.77. The smallest absolute Gasteiger partial charge is 0.298 e. The fourth-order valence-corrected chi connectivity index (χ4v) is 3.30. The molecular formula is C20H18F2N4O. The summed E-state index contributed by atoms with van der Waals surface area (Å²) in [5, 5.41) is 7.15. The Hall–Kier alpha value is -3.22. The molecule has 0 fully saturated rings. The van der Waals surface area contributed by atoms with E-state index in [-0.39, 0.29) is 17.0 Å². The number of alkyl halides is 2. The van der Waals surface area contributed by atoms with Crippen molar-refractivity contribution in [1.82, 2.24) is 9.78 Å². The first-order valence-corrected chi connectivity index (χ1v) is 8.61. The summed E-state index contributed by atoms with van der Waals surface area (Å²) >= 11 is 0. The molecule has 4 rings (SSSR count). The number of anilines is 2. The lowest BCUT2D eigenvalue weighted by atomic mass is 10.00. The summed E-state index contributed by atoms with van der Waals surface area (Å²) in [4.78, 5) is 14.4. The molecule has 0 saturated carbocycles. The van der Waals surface area contributed by atoms with E-state index in [1.807, 2.05) is 0 Å². The highest BCUT2D eigenvalue weighted by Crippen LogP contribution is 2.36. The predicted molar refractivity (Wildman–Crippen MR) is 99.3 cm³/mol. The van der Waals surface area contributed by atoms with Crippen molar-refractivity contribution in [3.8, 4) is 0 Å². The lowest BCUT2D eigenvalue weighted by molar-refractivity contribution is 0.0428. The first-order chi connectivity index (χ1) is 13.0. The fourth-order valence-electron chi connectivity index (χ4n) is 3.30. The summed E-state index contributed by atoms with van der Waals surface area (Å²) in [5.41, 5.74) is 1.54. The number of hydrogen-bond acceptors (Lipinski definition) is 3. The largest absolute Gasteiger partial charge is 0.385 e. The van der Waals surface area contributed by atoms with Crippen LogP contribution in [0.5, 0.6) is 0 Å². The number of rotatable bonds is 4. The van der Waals surface area contributed by atoms with Crippen LogP contribution in [-0.4, -0.2) is 29.3 Å². The molecular weight excluding hydrogens is 350 g/mol. The standard InChI is InChI=1S/C20H18F2N4O/c1-23-17-13-24-26-12-11-25(19(27)18(17)26)16-9-7-15(8-10-16)20(21,22)14-5-3-2-4-6-14/h2-10,13,23H,11-12H2,1H3. The Morgan fingerprint density at radius 1 is 1.00 bits per heavy atom. The van der Waals surface area contributed by atoms with Crippen LogP contribution >= 0.6 is 0 Å². The van der Waals surface area contributed by atoms with E-state index in [9.17, 15) is 13.6 Å². The number of amides is 1. The van der Waals surface area contributed by atoms with Crippen LogP contribution in [0.2, 0.25) is 0 Å². The molecule has 0 spiro atoms. The minimum atomic E-state index is -3.09. The number of carbonyl (C=O) groups is 1. The van der Waals surface area contributed by atoms with Crippen molar-refractivity contribution in [1.29, 1.82) is 0 Å². The molecule has 3 aromatic rings. The van der Waals surface area contributed by atoms with E-state index in [0.29, 0.717) is 30.2 Å². The monoisotopic (exact) mass is 368 g/mol. The van der Waals surface area contributed by atoms with E-state index in [2.05, 4.69) is 10.4 Å². The van der Waals surface area contributed by atoms with Crippen molar-refractivity contribution in [2.45, 2.75) is 12.5 Å². The molecule has 1 amide bonds. The molecule has 1 N–H and O–H groups in total. The van der Waals surface area contributed by atoms with Crippen molar-refractivity contribution >= 4 is 17.3 Å². The van der Waals surface area contributed by atoms with Crippen LogP contribution in [0, 0.1) is 0 Å². The molecule has 5 nitrogen and oxygen atoms in total. The first-order valence-electron chi connectivity index (χ1n) is 8.61. The Balaban J connectivity index is 1.63. The molecule has 1 aliphatic heterocycles. The number of carbonyl (C=O) groups excluding carboxylic acids is 1. The Labute approximate surface area is 155 Å². The van der Waals surface area contributed by atoms with Gasteiger partial charge in [-0.3, -0.25) is 9.48 Å². The van der Waals surface area contributed by atoms with E-state index in [1.54, 1.807) is 53.2 Å². The number of benzene rings is 2. The van der Waals surface area contributed by atoms with Gasteiger partial charge < -0.3 is 10.2 Å². The van der Waals surface area contributed by atoms with E-state index >= 15 is 0 Å². The molecule has 2 heterocycles. The van der Waals surface area contributed by atoms with Gasteiger partial charge in [0.1, 0.15) is 5.69 Å². The maximum absolute atomic E-state index is 14.7. The van der Waals surface area contributed by atoms with Crippen LogP contribution in [0.4, 0.5) is 20.2 Å². The molecule has 0 bridgehead atoms.